The topological polar surface area (TPSA) is 12.0 Å². The standard InChI is InChI=1S/C12H12F3N.ClH/c13-12(14,15)8-3-1-7(2-4-8)11-9-5-16-6-10(9)11;/h1-4,9-11,16H,5-6H2;1H. The largest absolute Gasteiger partial charge is 0.416 e. The van der Waals surface area contributed by atoms with Crippen molar-refractivity contribution in [3.05, 3.63) is 35.4 Å². The fourth-order valence-electron chi connectivity index (χ4n) is 2.81. The molecule has 0 radical (unpaired) electrons. The summed E-state index contributed by atoms with van der Waals surface area (Å²) in [5.74, 6) is 1.79. The maximum absolute atomic E-state index is 12.4. The van der Waals surface area contributed by atoms with E-state index in [1.54, 1.807) is 12.1 Å². The molecule has 1 aliphatic heterocycles. The van der Waals surface area contributed by atoms with E-state index >= 15 is 0 Å². The summed E-state index contributed by atoms with van der Waals surface area (Å²) in [7, 11) is 0. The maximum Gasteiger partial charge on any atom is 0.416 e. The van der Waals surface area contributed by atoms with E-state index < -0.39 is 11.7 Å². The van der Waals surface area contributed by atoms with E-state index in [0.717, 1.165) is 18.7 Å². The van der Waals surface area contributed by atoms with Crippen LogP contribution in [0.2, 0.25) is 0 Å². The first-order valence-electron chi connectivity index (χ1n) is 5.45. The lowest BCUT2D eigenvalue weighted by molar-refractivity contribution is -0.137. The minimum atomic E-state index is -4.22. The number of rotatable bonds is 1. The summed E-state index contributed by atoms with van der Waals surface area (Å²) in [5, 5.41) is 3.28. The van der Waals surface area contributed by atoms with Gasteiger partial charge in [0, 0.05) is 0 Å². The van der Waals surface area contributed by atoms with Crippen molar-refractivity contribution >= 4 is 12.4 Å². The smallest absolute Gasteiger partial charge is 0.316 e. The van der Waals surface area contributed by atoms with Crippen LogP contribution in [0.3, 0.4) is 0 Å². The summed E-state index contributed by atoms with van der Waals surface area (Å²) in [5.41, 5.74) is 0.504. The van der Waals surface area contributed by atoms with Crippen molar-refractivity contribution in [3.63, 3.8) is 0 Å². The van der Waals surface area contributed by atoms with Gasteiger partial charge in [-0.15, -0.1) is 12.4 Å². The molecule has 0 aromatic heterocycles. The fourth-order valence-corrected chi connectivity index (χ4v) is 2.81. The minimum absolute atomic E-state index is 0. The monoisotopic (exact) mass is 263 g/mol. The third kappa shape index (κ3) is 2.16. The van der Waals surface area contributed by atoms with Crippen LogP contribution in [0.15, 0.2) is 24.3 Å². The van der Waals surface area contributed by atoms with Crippen LogP contribution >= 0.6 is 12.4 Å². The summed E-state index contributed by atoms with van der Waals surface area (Å²) >= 11 is 0. The second kappa shape index (κ2) is 4.18. The molecule has 1 heterocycles. The highest BCUT2D eigenvalue weighted by Gasteiger charge is 2.53. The maximum atomic E-state index is 12.4. The Balaban J connectivity index is 0.00000108. The molecular formula is C12H13ClF3N. The summed E-state index contributed by atoms with van der Waals surface area (Å²) in [6, 6.07) is 5.64. The molecule has 1 N–H and O–H groups in total. The van der Waals surface area contributed by atoms with Crippen molar-refractivity contribution in [2.45, 2.75) is 12.1 Å². The molecule has 5 heteroatoms. The molecule has 0 bridgehead atoms. The summed E-state index contributed by atoms with van der Waals surface area (Å²) in [4.78, 5) is 0. The molecule has 2 aliphatic rings. The first-order valence-corrected chi connectivity index (χ1v) is 5.45. The highest BCUT2D eigenvalue weighted by molar-refractivity contribution is 5.85. The molecule has 1 aromatic rings. The van der Waals surface area contributed by atoms with Crippen LogP contribution < -0.4 is 5.32 Å². The number of benzene rings is 1. The van der Waals surface area contributed by atoms with E-state index in [-0.39, 0.29) is 12.4 Å². The third-order valence-corrected chi connectivity index (χ3v) is 3.71. The van der Waals surface area contributed by atoms with Gasteiger partial charge in [-0.3, -0.25) is 0 Å². The van der Waals surface area contributed by atoms with Crippen LogP contribution in [-0.2, 0) is 6.18 Å². The normalized spacial score (nSPS) is 30.6. The molecule has 1 saturated heterocycles. The van der Waals surface area contributed by atoms with Crippen molar-refractivity contribution in [1.82, 2.24) is 5.32 Å². The molecular weight excluding hydrogens is 251 g/mol. The predicted molar refractivity (Wildman–Crippen MR) is 61.3 cm³/mol. The Bertz CT molecular complexity index is 391. The first-order chi connectivity index (χ1) is 7.57. The Kier molecular flexibility index (Phi) is 3.12. The van der Waals surface area contributed by atoms with Gasteiger partial charge in [0.1, 0.15) is 0 Å². The van der Waals surface area contributed by atoms with Crippen LogP contribution in [0.1, 0.15) is 17.0 Å². The Morgan fingerprint density at radius 2 is 1.53 bits per heavy atom. The van der Waals surface area contributed by atoms with Gasteiger partial charge in [-0.25, -0.2) is 0 Å². The molecule has 94 valence electrons. The minimum Gasteiger partial charge on any atom is -0.316 e. The number of hydrogen-bond acceptors (Lipinski definition) is 1. The highest BCUT2D eigenvalue weighted by Crippen LogP contribution is 2.55. The van der Waals surface area contributed by atoms with Crippen LogP contribution in [0.25, 0.3) is 0 Å². The van der Waals surface area contributed by atoms with Gasteiger partial charge in [0.05, 0.1) is 5.56 Å². The summed E-state index contributed by atoms with van der Waals surface area (Å²) in [6.45, 7) is 2.02. The number of piperidine rings is 1. The molecule has 0 spiro atoms. The SMILES string of the molecule is Cl.FC(F)(F)c1ccc(C2C3CNCC32)cc1. The Morgan fingerprint density at radius 3 is 2.00 bits per heavy atom. The zero-order valence-corrected chi connectivity index (χ0v) is 9.81. The van der Waals surface area contributed by atoms with Gasteiger partial charge in [-0.05, 0) is 48.5 Å². The molecule has 2 unspecified atom stereocenters. The average molecular weight is 264 g/mol. The molecule has 3 rings (SSSR count). The Labute approximate surface area is 104 Å². The van der Waals surface area contributed by atoms with Crippen molar-refractivity contribution in [3.8, 4) is 0 Å². The van der Waals surface area contributed by atoms with Gasteiger partial charge >= 0.3 is 6.18 Å². The highest BCUT2D eigenvalue weighted by atomic mass is 35.5. The Hall–Kier alpha value is -0.740. The van der Waals surface area contributed by atoms with Crippen molar-refractivity contribution in [1.29, 1.82) is 0 Å². The van der Waals surface area contributed by atoms with Crippen molar-refractivity contribution in [2.75, 3.05) is 13.1 Å². The Morgan fingerprint density at radius 1 is 1.00 bits per heavy atom. The van der Waals surface area contributed by atoms with E-state index in [0.29, 0.717) is 17.8 Å². The van der Waals surface area contributed by atoms with E-state index in [2.05, 4.69) is 5.32 Å². The van der Waals surface area contributed by atoms with Gasteiger partial charge in [0.15, 0.2) is 0 Å². The van der Waals surface area contributed by atoms with Crippen LogP contribution in [-0.4, -0.2) is 13.1 Å². The van der Waals surface area contributed by atoms with Gasteiger partial charge in [-0.2, -0.15) is 13.2 Å². The third-order valence-electron chi connectivity index (χ3n) is 3.71. The fraction of sp³-hybridized carbons (Fsp3) is 0.500. The first kappa shape index (κ1) is 12.7. The van der Waals surface area contributed by atoms with Gasteiger partial charge in [0.25, 0.3) is 0 Å². The van der Waals surface area contributed by atoms with E-state index in [1.807, 2.05) is 0 Å². The summed E-state index contributed by atoms with van der Waals surface area (Å²) < 4.78 is 37.1. The number of halogens is 4. The van der Waals surface area contributed by atoms with Gasteiger partial charge < -0.3 is 5.32 Å². The van der Waals surface area contributed by atoms with E-state index in [1.165, 1.54) is 12.1 Å². The zero-order chi connectivity index (χ0) is 11.3. The van der Waals surface area contributed by atoms with Crippen molar-refractivity contribution < 1.29 is 13.2 Å². The number of fused-ring (bicyclic) bond motifs is 1. The lowest BCUT2D eigenvalue weighted by Crippen LogP contribution is -2.14. The molecule has 2 fully saturated rings. The lowest BCUT2D eigenvalue weighted by atomic mass is 10.0. The molecule has 1 aliphatic carbocycles. The summed E-state index contributed by atoms with van der Waals surface area (Å²) in [6.07, 6.45) is -4.22. The van der Waals surface area contributed by atoms with Crippen LogP contribution in [0.5, 0.6) is 0 Å². The zero-order valence-electron chi connectivity index (χ0n) is 9.00. The molecule has 1 aromatic carbocycles. The molecule has 2 atom stereocenters. The van der Waals surface area contributed by atoms with Gasteiger partial charge in [0.2, 0.25) is 0 Å². The van der Waals surface area contributed by atoms with Gasteiger partial charge in [-0.1, -0.05) is 12.1 Å². The second-order valence-corrected chi connectivity index (χ2v) is 4.63. The quantitative estimate of drug-likeness (QED) is 0.821. The number of alkyl halides is 3. The second-order valence-electron chi connectivity index (χ2n) is 4.63. The van der Waals surface area contributed by atoms with Crippen LogP contribution in [0.4, 0.5) is 13.2 Å². The number of hydrogen-bond donors (Lipinski definition) is 1. The lowest BCUT2D eigenvalue weighted by Gasteiger charge is -2.08. The average Bonchev–Trinajstić information content (AvgIpc) is 2.71. The molecule has 17 heavy (non-hydrogen) atoms. The number of nitrogens with one attached hydrogen (secondary N) is 1. The predicted octanol–water partition coefficient (Wildman–Crippen LogP) is 3.06. The van der Waals surface area contributed by atoms with Crippen LogP contribution in [0, 0.1) is 11.8 Å². The molecule has 1 nitrogen and oxygen atoms in total. The van der Waals surface area contributed by atoms with Crippen molar-refractivity contribution in [2.24, 2.45) is 11.8 Å². The van der Waals surface area contributed by atoms with E-state index in [9.17, 15) is 13.2 Å². The molecule has 1 saturated carbocycles. The van der Waals surface area contributed by atoms with E-state index in [4.69, 9.17) is 0 Å². The molecule has 0 amide bonds.